The Hall–Kier alpha value is -1.16. The molecule has 1 fully saturated rings. The summed E-state index contributed by atoms with van der Waals surface area (Å²) in [6.07, 6.45) is 7.93. The topological polar surface area (TPSA) is 58.0 Å². The molecule has 4 heteroatoms. The van der Waals surface area contributed by atoms with E-state index in [-0.39, 0.29) is 12.0 Å². The van der Waals surface area contributed by atoms with E-state index in [1.54, 1.807) is 6.20 Å². The highest BCUT2D eigenvalue weighted by molar-refractivity contribution is 5.31. The van der Waals surface area contributed by atoms with Crippen molar-refractivity contribution in [1.82, 2.24) is 9.97 Å². The van der Waals surface area contributed by atoms with E-state index in [9.17, 15) is 5.11 Å². The van der Waals surface area contributed by atoms with E-state index in [2.05, 4.69) is 15.3 Å². The van der Waals surface area contributed by atoms with Crippen molar-refractivity contribution in [2.45, 2.75) is 25.7 Å². The van der Waals surface area contributed by atoms with E-state index >= 15 is 0 Å². The van der Waals surface area contributed by atoms with E-state index in [1.165, 1.54) is 19.2 Å². The van der Waals surface area contributed by atoms with E-state index in [0.29, 0.717) is 0 Å². The van der Waals surface area contributed by atoms with Crippen LogP contribution in [-0.2, 0) is 0 Å². The van der Waals surface area contributed by atoms with Crippen LogP contribution in [-0.4, -0.2) is 28.2 Å². The summed E-state index contributed by atoms with van der Waals surface area (Å²) >= 11 is 0. The number of rotatable bonds is 4. The zero-order valence-electron chi connectivity index (χ0n) is 8.82. The third-order valence-corrected chi connectivity index (χ3v) is 3.23. The molecule has 0 aromatic carbocycles. The number of nitrogens with zero attached hydrogens (tertiary/aromatic N) is 2. The average molecular weight is 207 g/mol. The van der Waals surface area contributed by atoms with Crippen molar-refractivity contribution in [2.24, 2.45) is 5.41 Å². The van der Waals surface area contributed by atoms with Crippen molar-refractivity contribution in [2.75, 3.05) is 18.5 Å². The number of hydrogen-bond donors (Lipinski definition) is 2. The summed E-state index contributed by atoms with van der Waals surface area (Å²) in [7, 11) is 0. The zero-order chi connectivity index (χ0) is 10.6. The summed E-state index contributed by atoms with van der Waals surface area (Å²) in [4.78, 5) is 7.96. The highest BCUT2D eigenvalue weighted by Crippen LogP contribution is 2.37. The predicted molar refractivity (Wildman–Crippen MR) is 58.5 cm³/mol. The van der Waals surface area contributed by atoms with Crippen molar-refractivity contribution in [3.8, 4) is 0 Å². The lowest BCUT2D eigenvalue weighted by Crippen LogP contribution is -2.30. The number of aliphatic hydroxyl groups excluding tert-OH is 1. The molecule has 0 amide bonds. The van der Waals surface area contributed by atoms with E-state index in [0.717, 1.165) is 25.2 Å². The van der Waals surface area contributed by atoms with E-state index in [1.807, 2.05) is 6.07 Å². The fourth-order valence-corrected chi connectivity index (χ4v) is 2.19. The first-order chi connectivity index (χ1) is 7.35. The fraction of sp³-hybridized carbons (Fsp3) is 0.636. The maximum Gasteiger partial charge on any atom is 0.129 e. The summed E-state index contributed by atoms with van der Waals surface area (Å²) in [5.41, 5.74) is 0.0744. The van der Waals surface area contributed by atoms with Crippen LogP contribution in [0, 0.1) is 5.41 Å². The molecule has 2 N–H and O–H groups in total. The van der Waals surface area contributed by atoms with Crippen LogP contribution in [0.2, 0.25) is 0 Å². The first kappa shape index (κ1) is 10.4. The molecule has 4 nitrogen and oxygen atoms in total. The Morgan fingerprint density at radius 2 is 2.20 bits per heavy atom. The normalized spacial score (nSPS) is 19.0. The third-order valence-electron chi connectivity index (χ3n) is 3.23. The minimum Gasteiger partial charge on any atom is -0.396 e. The Kier molecular flexibility index (Phi) is 3.16. The molecule has 0 saturated heterocycles. The second-order valence-electron chi connectivity index (χ2n) is 4.31. The molecule has 1 saturated carbocycles. The Morgan fingerprint density at radius 1 is 1.40 bits per heavy atom. The van der Waals surface area contributed by atoms with E-state index < -0.39 is 0 Å². The summed E-state index contributed by atoms with van der Waals surface area (Å²) in [6.45, 7) is 1.07. The van der Waals surface area contributed by atoms with Crippen molar-refractivity contribution in [3.63, 3.8) is 0 Å². The van der Waals surface area contributed by atoms with Gasteiger partial charge in [0.2, 0.25) is 0 Å². The number of anilines is 1. The molecule has 1 heterocycles. The number of nitrogens with one attached hydrogen (secondary N) is 1. The molecule has 2 rings (SSSR count). The Bertz CT molecular complexity index is 296. The molecule has 0 spiro atoms. The summed E-state index contributed by atoms with van der Waals surface area (Å²) in [5.74, 6) is 0.838. The quantitative estimate of drug-likeness (QED) is 0.784. The van der Waals surface area contributed by atoms with Gasteiger partial charge in [0.1, 0.15) is 12.1 Å². The van der Waals surface area contributed by atoms with Gasteiger partial charge in [0.05, 0.1) is 6.61 Å². The van der Waals surface area contributed by atoms with Gasteiger partial charge in [-0.25, -0.2) is 9.97 Å². The van der Waals surface area contributed by atoms with Crippen molar-refractivity contribution >= 4 is 5.82 Å². The lowest BCUT2D eigenvalue weighted by atomic mass is 9.87. The van der Waals surface area contributed by atoms with Gasteiger partial charge in [-0.15, -0.1) is 0 Å². The standard InChI is InChI=1S/C11H17N3O/c15-8-11(4-1-2-5-11)7-13-10-3-6-12-9-14-10/h3,6,9,15H,1-2,4-5,7-8H2,(H,12,13,14). The lowest BCUT2D eigenvalue weighted by Gasteiger charge is -2.26. The molecule has 0 aliphatic heterocycles. The third kappa shape index (κ3) is 2.45. The molecule has 1 aliphatic rings. The molecule has 1 aromatic heterocycles. The van der Waals surface area contributed by atoms with Crippen LogP contribution in [0.25, 0.3) is 0 Å². The van der Waals surface area contributed by atoms with Crippen molar-refractivity contribution in [1.29, 1.82) is 0 Å². The number of hydrogen-bond acceptors (Lipinski definition) is 4. The van der Waals surface area contributed by atoms with Crippen LogP contribution in [0.4, 0.5) is 5.82 Å². The summed E-state index contributed by atoms with van der Waals surface area (Å²) in [6, 6.07) is 1.85. The minimum absolute atomic E-state index is 0.0744. The number of aromatic nitrogens is 2. The monoisotopic (exact) mass is 207 g/mol. The molecule has 0 atom stereocenters. The maximum absolute atomic E-state index is 9.42. The molecule has 15 heavy (non-hydrogen) atoms. The van der Waals surface area contributed by atoms with Crippen LogP contribution < -0.4 is 5.32 Å². The van der Waals surface area contributed by atoms with Crippen LogP contribution in [0.3, 0.4) is 0 Å². The molecule has 0 unspecified atom stereocenters. The van der Waals surface area contributed by atoms with Gasteiger partial charge < -0.3 is 10.4 Å². The Labute approximate surface area is 89.8 Å². The number of aliphatic hydroxyl groups is 1. The van der Waals surface area contributed by atoms with Crippen molar-refractivity contribution in [3.05, 3.63) is 18.6 Å². The van der Waals surface area contributed by atoms with Crippen molar-refractivity contribution < 1.29 is 5.11 Å². The molecule has 1 aromatic rings. The van der Waals surface area contributed by atoms with Crippen LogP contribution in [0.15, 0.2) is 18.6 Å². The first-order valence-corrected chi connectivity index (χ1v) is 5.45. The second kappa shape index (κ2) is 4.57. The van der Waals surface area contributed by atoms with E-state index in [4.69, 9.17) is 0 Å². The highest BCUT2D eigenvalue weighted by atomic mass is 16.3. The van der Waals surface area contributed by atoms with Gasteiger partial charge in [0.25, 0.3) is 0 Å². The lowest BCUT2D eigenvalue weighted by molar-refractivity contribution is 0.142. The second-order valence-corrected chi connectivity index (χ2v) is 4.31. The smallest absolute Gasteiger partial charge is 0.129 e. The molecule has 0 radical (unpaired) electrons. The molecule has 1 aliphatic carbocycles. The largest absolute Gasteiger partial charge is 0.396 e. The van der Waals surface area contributed by atoms with Crippen LogP contribution >= 0.6 is 0 Å². The Morgan fingerprint density at radius 3 is 2.80 bits per heavy atom. The van der Waals surface area contributed by atoms with Crippen LogP contribution in [0.5, 0.6) is 0 Å². The van der Waals surface area contributed by atoms with Gasteiger partial charge in [-0.3, -0.25) is 0 Å². The molecular weight excluding hydrogens is 190 g/mol. The molecular formula is C11H17N3O. The maximum atomic E-state index is 9.42. The Balaban J connectivity index is 1.92. The van der Waals surface area contributed by atoms with Gasteiger partial charge in [-0.05, 0) is 18.9 Å². The average Bonchev–Trinajstić information content (AvgIpc) is 2.77. The minimum atomic E-state index is 0.0744. The predicted octanol–water partition coefficient (Wildman–Crippen LogP) is 1.44. The molecule has 0 bridgehead atoms. The SMILES string of the molecule is OCC1(CNc2ccncn2)CCCC1. The fourth-order valence-electron chi connectivity index (χ4n) is 2.19. The van der Waals surface area contributed by atoms with Crippen LogP contribution in [0.1, 0.15) is 25.7 Å². The van der Waals surface area contributed by atoms with Gasteiger partial charge in [-0.2, -0.15) is 0 Å². The summed E-state index contributed by atoms with van der Waals surface area (Å²) in [5, 5.41) is 12.7. The van der Waals surface area contributed by atoms with Gasteiger partial charge in [0.15, 0.2) is 0 Å². The van der Waals surface area contributed by atoms with Gasteiger partial charge in [0, 0.05) is 18.2 Å². The first-order valence-electron chi connectivity index (χ1n) is 5.45. The summed E-state index contributed by atoms with van der Waals surface area (Å²) < 4.78 is 0. The molecule has 82 valence electrons. The highest BCUT2D eigenvalue weighted by Gasteiger charge is 2.32. The van der Waals surface area contributed by atoms with Gasteiger partial charge >= 0.3 is 0 Å². The zero-order valence-corrected chi connectivity index (χ0v) is 8.82. The van der Waals surface area contributed by atoms with Gasteiger partial charge in [-0.1, -0.05) is 12.8 Å².